The lowest BCUT2D eigenvalue weighted by Gasteiger charge is -2.20. The molecule has 0 amide bonds. The molecule has 0 saturated heterocycles. The van der Waals surface area contributed by atoms with Crippen molar-refractivity contribution < 1.29 is 22.7 Å². The lowest BCUT2D eigenvalue weighted by atomic mass is 10.00. The fourth-order valence-corrected chi connectivity index (χ4v) is 3.72. The molecule has 0 aliphatic heterocycles. The van der Waals surface area contributed by atoms with Gasteiger partial charge in [0, 0.05) is 34.6 Å². The van der Waals surface area contributed by atoms with Crippen LogP contribution in [0.15, 0.2) is 70.0 Å². The molecule has 0 spiro atoms. The largest absolute Gasteiger partial charge is 0.455 e. The van der Waals surface area contributed by atoms with Gasteiger partial charge in [-0.1, -0.05) is 24.3 Å². The van der Waals surface area contributed by atoms with Crippen molar-refractivity contribution in [1.29, 1.82) is 0 Å². The van der Waals surface area contributed by atoms with Crippen molar-refractivity contribution in [2.24, 2.45) is 0 Å². The Balaban J connectivity index is 1.80. The SMILES string of the molecule is Cc1cc(C(C)Nc2ccccc2CO)c2oc(-c3ccc(C(F)(F)F)nc3)cc(=O)c2c1. The van der Waals surface area contributed by atoms with Crippen molar-refractivity contribution in [1.82, 2.24) is 4.98 Å². The maximum Gasteiger partial charge on any atom is 0.433 e. The van der Waals surface area contributed by atoms with E-state index < -0.39 is 11.9 Å². The minimum absolute atomic E-state index is 0.127. The number of para-hydroxylation sites is 1. The Hall–Kier alpha value is -3.65. The van der Waals surface area contributed by atoms with Crippen LogP contribution < -0.4 is 10.7 Å². The second-order valence-electron chi connectivity index (χ2n) is 7.82. The van der Waals surface area contributed by atoms with Gasteiger partial charge in [-0.15, -0.1) is 0 Å². The number of halogens is 3. The van der Waals surface area contributed by atoms with Gasteiger partial charge in [0.25, 0.3) is 0 Å². The molecule has 1 atom stereocenters. The highest BCUT2D eigenvalue weighted by atomic mass is 19.4. The second kappa shape index (κ2) is 8.71. The van der Waals surface area contributed by atoms with Crippen LogP contribution in [0, 0.1) is 6.92 Å². The normalized spacial score (nSPS) is 12.7. The van der Waals surface area contributed by atoms with E-state index in [1.165, 1.54) is 12.1 Å². The molecule has 0 aliphatic rings. The van der Waals surface area contributed by atoms with Gasteiger partial charge in [0.2, 0.25) is 0 Å². The summed E-state index contributed by atoms with van der Waals surface area (Å²) >= 11 is 0. The molecule has 2 aromatic heterocycles. The molecule has 8 heteroatoms. The highest BCUT2D eigenvalue weighted by molar-refractivity contribution is 5.83. The molecule has 2 aromatic carbocycles. The van der Waals surface area contributed by atoms with Gasteiger partial charge < -0.3 is 14.8 Å². The molecule has 33 heavy (non-hydrogen) atoms. The molecule has 4 aromatic rings. The molecule has 0 aliphatic carbocycles. The number of anilines is 1. The third-order valence-electron chi connectivity index (χ3n) is 5.37. The Morgan fingerprint density at radius 3 is 2.55 bits per heavy atom. The van der Waals surface area contributed by atoms with E-state index in [1.54, 1.807) is 12.1 Å². The van der Waals surface area contributed by atoms with Crippen LogP contribution in [-0.4, -0.2) is 10.1 Å². The van der Waals surface area contributed by atoms with Crippen LogP contribution in [0.25, 0.3) is 22.3 Å². The summed E-state index contributed by atoms with van der Waals surface area (Å²) in [6, 6.07) is 14.0. The van der Waals surface area contributed by atoms with E-state index in [9.17, 15) is 23.1 Å². The van der Waals surface area contributed by atoms with Crippen LogP contribution in [-0.2, 0) is 12.8 Å². The predicted octanol–water partition coefficient (Wildman–Crippen LogP) is 5.85. The van der Waals surface area contributed by atoms with E-state index in [2.05, 4.69) is 10.3 Å². The smallest absolute Gasteiger partial charge is 0.433 e. The summed E-state index contributed by atoms with van der Waals surface area (Å²) in [5, 5.41) is 13.3. The summed E-state index contributed by atoms with van der Waals surface area (Å²) in [5.41, 5.74) is 2.30. The maximum atomic E-state index is 12.9. The van der Waals surface area contributed by atoms with Crippen LogP contribution in [0.5, 0.6) is 0 Å². The average Bonchev–Trinajstić information content (AvgIpc) is 2.79. The zero-order valence-electron chi connectivity index (χ0n) is 17.9. The fourth-order valence-electron chi connectivity index (χ4n) is 3.72. The first-order chi connectivity index (χ1) is 15.7. The quantitative estimate of drug-likeness (QED) is 0.396. The van der Waals surface area contributed by atoms with E-state index in [0.717, 1.165) is 29.1 Å². The van der Waals surface area contributed by atoms with Gasteiger partial charge in [0.15, 0.2) is 5.43 Å². The van der Waals surface area contributed by atoms with E-state index in [0.29, 0.717) is 16.5 Å². The number of benzene rings is 2. The molecule has 0 saturated carbocycles. The minimum atomic E-state index is -4.56. The fraction of sp³-hybridized carbons (Fsp3) is 0.200. The van der Waals surface area contributed by atoms with Crippen LogP contribution in [0.4, 0.5) is 18.9 Å². The summed E-state index contributed by atoms with van der Waals surface area (Å²) in [7, 11) is 0. The summed E-state index contributed by atoms with van der Waals surface area (Å²) in [6.07, 6.45) is -3.51. The van der Waals surface area contributed by atoms with Crippen molar-refractivity contribution in [3.63, 3.8) is 0 Å². The molecule has 4 rings (SSSR count). The Kier molecular flexibility index (Phi) is 5.95. The molecular formula is C25H21F3N2O3. The van der Waals surface area contributed by atoms with E-state index in [4.69, 9.17) is 4.42 Å². The minimum Gasteiger partial charge on any atom is -0.455 e. The summed E-state index contributed by atoms with van der Waals surface area (Å²) in [4.78, 5) is 16.3. The number of alkyl halides is 3. The van der Waals surface area contributed by atoms with Crippen molar-refractivity contribution >= 4 is 16.7 Å². The lowest BCUT2D eigenvalue weighted by Crippen LogP contribution is -2.11. The van der Waals surface area contributed by atoms with Crippen LogP contribution in [0.1, 0.15) is 35.3 Å². The van der Waals surface area contributed by atoms with Gasteiger partial charge in [-0.05, 0) is 43.7 Å². The van der Waals surface area contributed by atoms with E-state index in [1.807, 2.05) is 38.1 Å². The Morgan fingerprint density at radius 2 is 1.88 bits per heavy atom. The molecule has 170 valence electrons. The monoisotopic (exact) mass is 454 g/mol. The molecule has 0 radical (unpaired) electrons. The standard InChI is InChI=1S/C25H21F3N2O3/c1-14-9-18(15(2)30-20-6-4-3-5-17(20)13-31)24-19(10-14)21(32)11-22(33-24)16-7-8-23(29-12-16)25(26,27)28/h3-12,15,30-31H,13H2,1-2H3. The molecule has 0 fully saturated rings. The molecule has 5 nitrogen and oxygen atoms in total. The van der Waals surface area contributed by atoms with Crippen molar-refractivity contribution in [3.05, 3.63) is 93.4 Å². The maximum absolute atomic E-state index is 12.9. The van der Waals surface area contributed by atoms with Gasteiger partial charge >= 0.3 is 6.18 Å². The molecular weight excluding hydrogens is 433 g/mol. The van der Waals surface area contributed by atoms with E-state index in [-0.39, 0.29) is 29.4 Å². The number of pyridine rings is 1. The lowest BCUT2D eigenvalue weighted by molar-refractivity contribution is -0.141. The summed E-state index contributed by atoms with van der Waals surface area (Å²) < 4.78 is 44.6. The van der Waals surface area contributed by atoms with Gasteiger partial charge in [-0.3, -0.25) is 9.78 Å². The van der Waals surface area contributed by atoms with Crippen LogP contribution in [0.2, 0.25) is 0 Å². The van der Waals surface area contributed by atoms with Crippen LogP contribution >= 0.6 is 0 Å². The molecule has 0 bridgehead atoms. The topological polar surface area (TPSA) is 75.4 Å². The van der Waals surface area contributed by atoms with Crippen molar-refractivity contribution in [2.45, 2.75) is 32.7 Å². The van der Waals surface area contributed by atoms with Crippen molar-refractivity contribution in [2.75, 3.05) is 5.32 Å². The van der Waals surface area contributed by atoms with E-state index >= 15 is 0 Å². The highest BCUT2D eigenvalue weighted by Gasteiger charge is 2.32. The Bertz CT molecular complexity index is 1360. The number of rotatable bonds is 5. The number of fused-ring (bicyclic) bond motifs is 1. The number of hydrogen-bond acceptors (Lipinski definition) is 5. The third-order valence-corrected chi connectivity index (χ3v) is 5.37. The third kappa shape index (κ3) is 4.61. The number of hydrogen-bond donors (Lipinski definition) is 2. The zero-order valence-corrected chi connectivity index (χ0v) is 17.9. The number of aliphatic hydroxyl groups is 1. The first-order valence-corrected chi connectivity index (χ1v) is 10.2. The summed E-state index contributed by atoms with van der Waals surface area (Å²) in [5.74, 6) is 0.127. The van der Waals surface area contributed by atoms with Gasteiger partial charge in [-0.2, -0.15) is 13.2 Å². The first-order valence-electron chi connectivity index (χ1n) is 10.2. The Morgan fingerprint density at radius 1 is 1.12 bits per heavy atom. The zero-order chi connectivity index (χ0) is 23.8. The molecule has 2 N–H and O–H groups in total. The number of nitrogens with zero attached hydrogens (tertiary/aromatic N) is 1. The van der Waals surface area contributed by atoms with Gasteiger partial charge in [0.1, 0.15) is 17.0 Å². The second-order valence-corrected chi connectivity index (χ2v) is 7.82. The number of aliphatic hydroxyl groups excluding tert-OH is 1. The average molecular weight is 454 g/mol. The molecule has 2 heterocycles. The van der Waals surface area contributed by atoms with Gasteiger partial charge in [0.05, 0.1) is 18.0 Å². The predicted molar refractivity (Wildman–Crippen MR) is 120 cm³/mol. The van der Waals surface area contributed by atoms with Crippen molar-refractivity contribution in [3.8, 4) is 11.3 Å². The Labute approximate surface area is 187 Å². The van der Waals surface area contributed by atoms with Gasteiger partial charge in [-0.25, -0.2) is 0 Å². The number of aromatic nitrogens is 1. The first kappa shape index (κ1) is 22.5. The highest BCUT2D eigenvalue weighted by Crippen LogP contribution is 2.32. The number of aryl methyl sites for hydroxylation is 1. The number of nitrogens with one attached hydrogen (secondary N) is 1. The molecule has 1 unspecified atom stereocenters. The summed E-state index contributed by atoms with van der Waals surface area (Å²) in [6.45, 7) is 3.63. The van der Waals surface area contributed by atoms with Crippen LogP contribution in [0.3, 0.4) is 0 Å².